The minimum absolute atomic E-state index is 0.373. The number of hydrogen-bond acceptors (Lipinski definition) is 2. The van der Waals surface area contributed by atoms with Crippen molar-refractivity contribution in [1.29, 1.82) is 0 Å². The quantitative estimate of drug-likeness (QED) is 0.292. The fourth-order valence-corrected chi connectivity index (χ4v) is 4.26. The van der Waals surface area contributed by atoms with Crippen LogP contribution in [0.4, 0.5) is 0 Å². The Kier molecular flexibility index (Phi) is 10.4. The fourth-order valence-electron chi connectivity index (χ4n) is 4.26. The molecule has 0 saturated heterocycles. The number of hydrogen-bond donors (Lipinski definition) is 0. The molecule has 0 amide bonds. The van der Waals surface area contributed by atoms with Gasteiger partial charge in [0.25, 0.3) is 0 Å². The predicted octanol–water partition coefficient (Wildman–Crippen LogP) is 6.33. The second-order valence-electron chi connectivity index (χ2n) is 7.09. The zero-order valence-corrected chi connectivity index (χ0v) is 15.7. The number of rotatable bonds is 13. The fraction of sp³-hybridized carbons (Fsp3) is 1.00. The molecular weight excluding hydrogens is 272 g/mol. The largest absolute Gasteiger partial charge is 0.350 e. The van der Waals surface area contributed by atoms with Gasteiger partial charge in [-0.2, -0.15) is 0 Å². The second kappa shape index (κ2) is 11.5. The van der Waals surface area contributed by atoms with Gasteiger partial charge in [-0.15, -0.1) is 0 Å². The molecule has 1 unspecified atom stereocenters. The van der Waals surface area contributed by atoms with Crippen LogP contribution in [0.2, 0.25) is 0 Å². The summed E-state index contributed by atoms with van der Waals surface area (Å²) in [6.45, 7) is 10.2. The number of unbranched alkanes of at least 4 members (excludes halogenated alkanes) is 5. The smallest absolute Gasteiger partial charge is 0.168 e. The molecule has 0 radical (unpaired) electrons. The van der Waals surface area contributed by atoms with Crippen molar-refractivity contribution in [2.45, 2.75) is 104 Å². The van der Waals surface area contributed by atoms with Crippen molar-refractivity contribution in [3.05, 3.63) is 0 Å². The van der Waals surface area contributed by atoms with Crippen LogP contribution in [-0.2, 0) is 9.47 Å². The summed E-state index contributed by atoms with van der Waals surface area (Å²) in [6, 6.07) is 0. The van der Waals surface area contributed by atoms with Crippen molar-refractivity contribution < 1.29 is 9.47 Å². The predicted molar refractivity (Wildman–Crippen MR) is 95.1 cm³/mol. The molecular formula is C20H40O2. The van der Waals surface area contributed by atoms with Gasteiger partial charge in [-0.05, 0) is 46.0 Å². The molecule has 0 spiro atoms. The van der Waals surface area contributed by atoms with E-state index in [0.29, 0.717) is 5.92 Å². The van der Waals surface area contributed by atoms with Crippen LogP contribution in [0.25, 0.3) is 0 Å². The molecule has 1 aliphatic carbocycles. The maximum atomic E-state index is 6.12. The van der Waals surface area contributed by atoms with E-state index in [4.69, 9.17) is 9.47 Å². The Labute approximate surface area is 139 Å². The summed E-state index contributed by atoms with van der Waals surface area (Å²) in [5, 5.41) is 0. The van der Waals surface area contributed by atoms with Gasteiger partial charge < -0.3 is 9.47 Å². The lowest BCUT2D eigenvalue weighted by molar-refractivity contribution is -0.262. The highest BCUT2D eigenvalue weighted by atomic mass is 16.7. The average Bonchev–Trinajstić information content (AvgIpc) is 3.00. The minimum atomic E-state index is -0.373. The summed E-state index contributed by atoms with van der Waals surface area (Å²) in [5.74, 6) is 1.00. The molecule has 1 atom stereocenters. The van der Waals surface area contributed by atoms with Crippen LogP contribution in [0, 0.1) is 11.8 Å². The van der Waals surface area contributed by atoms with Crippen LogP contribution in [0.5, 0.6) is 0 Å². The molecule has 0 bridgehead atoms. The Hall–Kier alpha value is -0.0800. The maximum absolute atomic E-state index is 6.12. The van der Waals surface area contributed by atoms with Crippen LogP contribution in [0.3, 0.4) is 0 Å². The molecule has 1 aliphatic rings. The zero-order valence-electron chi connectivity index (χ0n) is 15.7. The van der Waals surface area contributed by atoms with Crippen molar-refractivity contribution in [2.24, 2.45) is 11.8 Å². The van der Waals surface area contributed by atoms with Gasteiger partial charge in [-0.1, -0.05) is 58.3 Å². The van der Waals surface area contributed by atoms with Gasteiger partial charge in [-0.3, -0.25) is 0 Å². The lowest BCUT2D eigenvalue weighted by Gasteiger charge is -2.40. The summed E-state index contributed by atoms with van der Waals surface area (Å²) >= 11 is 0. The normalized spacial score (nSPS) is 18.0. The molecule has 2 nitrogen and oxygen atoms in total. The lowest BCUT2D eigenvalue weighted by Crippen LogP contribution is -2.44. The Balaban J connectivity index is 2.54. The highest BCUT2D eigenvalue weighted by molar-refractivity contribution is 4.85. The third kappa shape index (κ3) is 6.58. The highest BCUT2D eigenvalue weighted by Crippen LogP contribution is 2.42. The summed E-state index contributed by atoms with van der Waals surface area (Å²) in [7, 11) is 0. The van der Waals surface area contributed by atoms with E-state index in [1.165, 1.54) is 70.6 Å². The van der Waals surface area contributed by atoms with E-state index in [0.717, 1.165) is 19.1 Å². The summed E-state index contributed by atoms with van der Waals surface area (Å²) < 4.78 is 12.2. The van der Waals surface area contributed by atoms with E-state index in [1.807, 2.05) is 0 Å². The topological polar surface area (TPSA) is 18.5 Å². The monoisotopic (exact) mass is 312 g/mol. The highest BCUT2D eigenvalue weighted by Gasteiger charge is 2.41. The third-order valence-electron chi connectivity index (χ3n) is 5.37. The van der Waals surface area contributed by atoms with E-state index in [9.17, 15) is 0 Å². The molecule has 0 aromatic heterocycles. The first kappa shape index (κ1) is 20.0. The van der Waals surface area contributed by atoms with E-state index >= 15 is 0 Å². The van der Waals surface area contributed by atoms with Gasteiger partial charge in [0.05, 0.1) is 0 Å². The molecule has 0 aromatic rings. The SMILES string of the molecule is CCCCCCCCC(C1CCCC1)C(C)(OCC)OCC. The van der Waals surface area contributed by atoms with Crippen molar-refractivity contribution in [1.82, 2.24) is 0 Å². The molecule has 0 heterocycles. The van der Waals surface area contributed by atoms with Gasteiger partial charge in [-0.25, -0.2) is 0 Å². The van der Waals surface area contributed by atoms with Crippen LogP contribution in [-0.4, -0.2) is 19.0 Å². The molecule has 132 valence electrons. The van der Waals surface area contributed by atoms with Crippen molar-refractivity contribution in [2.75, 3.05) is 13.2 Å². The molecule has 1 saturated carbocycles. The van der Waals surface area contributed by atoms with Gasteiger partial charge in [0, 0.05) is 19.1 Å². The van der Waals surface area contributed by atoms with Gasteiger partial charge in [0.2, 0.25) is 0 Å². The molecule has 0 aliphatic heterocycles. The lowest BCUT2D eigenvalue weighted by atomic mass is 9.80. The first-order valence-electron chi connectivity index (χ1n) is 9.95. The Morgan fingerprint density at radius 3 is 1.95 bits per heavy atom. The maximum Gasteiger partial charge on any atom is 0.168 e. The molecule has 22 heavy (non-hydrogen) atoms. The molecule has 1 rings (SSSR count). The third-order valence-corrected chi connectivity index (χ3v) is 5.37. The molecule has 2 heteroatoms. The summed E-state index contributed by atoms with van der Waals surface area (Å²) in [6.07, 6.45) is 15.0. The number of ether oxygens (including phenoxy) is 2. The van der Waals surface area contributed by atoms with Crippen molar-refractivity contribution in [3.63, 3.8) is 0 Å². The van der Waals surface area contributed by atoms with Gasteiger partial charge in [0.15, 0.2) is 5.79 Å². The van der Waals surface area contributed by atoms with Gasteiger partial charge in [0.1, 0.15) is 0 Å². The van der Waals surface area contributed by atoms with Crippen molar-refractivity contribution in [3.8, 4) is 0 Å². The van der Waals surface area contributed by atoms with E-state index in [2.05, 4.69) is 27.7 Å². The first-order chi connectivity index (χ1) is 10.7. The second-order valence-corrected chi connectivity index (χ2v) is 7.09. The summed E-state index contributed by atoms with van der Waals surface area (Å²) in [4.78, 5) is 0. The molecule has 1 fully saturated rings. The average molecular weight is 313 g/mol. The van der Waals surface area contributed by atoms with E-state index < -0.39 is 0 Å². The van der Waals surface area contributed by atoms with Crippen LogP contribution in [0.1, 0.15) is 98.3 Å². The van der Waals surface area contributed by atoms with E-state index in [-0.39, 0.29) is 5.79 Å². The zero-order chi connectivity index (χ0) is 16.3. The van der Waals surface area contributed by atoms with Crippen LogP contribution in [0.15, 0.2) is 0 Å². The Bertz CT molecular complexity index is 252. The Morgan fingerprint density at radius 2 is 1.41 bits per heavy atom. The molecule has 0 N–H and O–H groups in total. The summed E-state index contributed by atoms with van der Waals surface area (Å²) in [5.41, 5.74) is 0. The standard InChI is InChI=1S/C20H40O2/c1-5-8-9-10-11-12-17-19(18-15-13-14-16-18)20(4,21-6-2)22-7-3/h18-19H,5-17H2,1-4H3. The molecule has 0 aromatic carbocycles. The van der Waals surface area contributed by atoms with Crippen LogP contribution >= 0.6 is 0 Å². The Morgan fingerprint density at radius 1 is 0.864 bits per heavy atom. The van der Waals surface area contributed by atoms with Gasteiger partial charge >= 0.3 is 0 Å². The first-order valence-corrected chi connectivity index (χ1v) is 9.95. The van der Waals surface area contributed by atoms with Crippen LogP contribution < -0.4 is 0 Å². The van der Waals surface area contributed by atoms with Crippen molar-refractivity contribution >= 4 is 0 Å². The minimum Gasteiger partial charge on any atom is -0.350 e. The van der Waals surface area contributed by atoms with E-state index in [1.54, 1.807) is 0 Å².